The number of carbonyl (C=O) groups excluding carboxylic acids is 2. The van der Waals surface area contributed by atoms with Crippen LogP contribution in [0.15, 0.2) is 59.8 Å². The van der Waals surface area contributed by atoms with Gasteiger partial charge in [-0.1, -0.05) is 18.2 Å². The van der Waals surface area contributed by atoms with Gasteiger partial charge in [0.05, 0.1) is 39.2 Å². The van der Waals surface area contributed by atoms with Crippen LogP contribution in [0.25, 0.3) is 0 Å². The first-order valence-corrected chi connectivity index (χ1v) is 8.75. The Bertz CT molecular complexity index is 924. The molecule has 3 rings (SSSR count). The van der Waals surface area contributed by atoms with Crippen LogP contribution < -0.4 is 14.4 Å². The Balaban J connectivity index is 2.07. The Morgan fingerprint density at radius 3 is 2.31 bits per heavy atom. The van der Waals surface area contributed by atoms with Crippen LogP contribution in [0.5, 0.6) is 17.2 Å². The molecule has 8 heteroatoms. The molecule has 0 N–H and O–H groups in total. The second kappa shape index (κ2) is 9.11. The molecule has 0 bridgehead atoms. The van der Waals surface area contributed by atoms with Crippen LogP contribution in [0.4, 0.5) is 5.69 Å². The summed E-state index contributed by atoms with van der Waals surface area (Å²) in [5, 5.41) is 0. The summed E-state index contributed by atoms with van der Waals surface area (Å²) in [6, 6.07) is 14.4. The maximum absolute atomic E-state index is 12.5. The maximum Gasteiger partial charge on any atom is 0.355 e. The van der Waals surface area contributed by atoms with E-state index in [9.17, 15) is 9.59 Å². The van der Waals surface area contributed by atoms with Crippen LogP contribution in [0.1, 0.15) is 0 Å². The third kappa shape index (κ3) is 4.33. The molecule has 2 aromatic carbocycles. The predicted molar refractivity (Wildman–Crippen MR) is 104 cm³/mol. The average Bonchev–Trinajstić information content (AvgIpc) is 2.78. The van der Waals surface area contributed by atoms with Crippen LogP contribution in [-0.2, 0) is 23.8 Å². The van der Waals surface area contributed by atoms with Crippen molar-refractivity contribution in [3.8, 4) is 17.2 Å². The number of anilines is 1. The van der Waals surface area contributed by atoms with E-state index in [0.717, 1.165) is 0 Å². The molecule has 0 unspecified atom stereocenters. The highest BCUT2D eigenvalue weighted by Gasteiger charge is 2.33. The van der Waals surface area contributed by atoms with Gasteiger partial charge in [-0.15, -0.1) is 0 Å². The summed E-state index contributed by atoms with van der Waals surface area (Å²) in [4.78, 5) is 26.2. The Hall–Kier alpha value is -3.52. The maximum atomic E-state index is 12.5. The van der Waals surface area contributed by atoms with Crippen molar-refractivity contribution < 1.29 is 33.3 Å². The van der Waals surface area contributed by atoms with Crippen LogP contribution in [0, 0.1) is 0 Å². The summed E-state index contributed by atoms with van der Waals surface area (Å²) in [7, 11) is 3.98. The zero-order valence-electron chi connectivity index (χ0n) is 16.3. The van der Waals surface area contributed by atoms with Crippen molar-refractivity contribution in [3.05, 3.63) is 59.8 Å². The Kier molecular flexibility index (Phi) is 6.36. The molecule has 0 spiro atoms. The lowest BCUT2D eigenvalue weighted by molar-refractivity contribution is -0.140. The SMILES string of the molecule is COC(=O)C1=C(C(=O)OC)N(c2cc(Oc3ccccc3)ccc2OC)COC1. The highest BCUT2D eigenvalue weighted by atomic mass is 16.5. The standard InChI is InChI=1S/C21H21NO7/c1-25-18-10-9-15(29-14-7-5-4-6-8-14)11-17(18)22-13-28-12-16(20(23)26-2)19(22)21(24)27-3/h4-11H,12-13H2,1-3H3. The van der Waals surface area contributed by atoms with Crippen molar-refractivity contribution in [3.63, 3.8) is 0 Å². The van der Waals surface area contributed by atoms with Gasteiger partial charge in [-0.3, -0.25) is 0 Å². The first-order valence-electron chi connectivity index (χ1n) is 8.75. The average molecular weight is 399 g/mol. The van der Waals surface area contributed by atoms with E-state index in [2.05, 4.69) is 0 Å². The van der Waals surface area contributed by atoms with Gasteiger partial charge in [0.1, 0.15) is 29.7 Å². The van der Waals surface area contributed by atoms with Gasteiger partial charge >= 0.3 is 11.9 Å². The van der Waals surface area contributed by atoms with E-state index in [0.29, 0.717) is 22.9 Å². The monoisotopic (exact) mass is 399 g/mol. The van der Waals surface area contributed by atoms with Gasteiger partial charge in [0.2, 0.25) is 0 Å². The van der Waals surface area contributed by atoms with Crippen molar-refractivity contribution in [2.24, 2.45) is 0 Å². The van der Waals surface area contributed by atoms with Crippen LogP contribution in [0.2, 0.25) is 0 Å². The highest BCUT2D eigenvalue weighted by molar-refractivity contribution is 6.03. The fourth-order valence-corrected chi connectivity index (χ4v) is 2.90. The molecule has 0 aliphatic carbocycles. The van der Waals surface area contributed by atoms with Crippen molar-refractivity contribution >= 4 is 17.6 Å². The van der Waals surface area contributed by atoms with E-state index >= 15 is 0 Å². The molecule has 29 heavy (non-hydrogen) atoms. The molecule has 0 saturated heterocycles. The third-order valence-corrected chi connectivity index (χ3v) is 4.25. The molecule has 152 valence electrons. The number of carbonyl (C=O) groups is 2. The highest BCUT2D eigenvalue weighted by Crippen LogP contribution is 2.38. The zero-order chi connectivity index (χ0) is 20.8. The number of hydrogen-bond acceptors (Lipinski definition) is 8. The van der Waals surface area contributed by atoms with Crippen molar-refractivity contribution in [2.75, 3.05) is 39.6 Å². The minimum atomic E-state index is -0.690. The van der Waals surface area contributed by atoms with Gasteiger partial charge in [-0.05, 0) is 24.3 Å². The zero-order valence-corrected chi connectivity index (χ0v) is 16.3. The lowest BCUT2D eigenvalue weighted by Gasteiger charge is -2.32. The molecule has 8 nitrogen and oxygen atoms in total. The Morgan fingerprint density at radius 1 is 0.931 bits per heavy atom. The van der Waals surface area contributed by atoms with E-state index in [1.165, 1.54) is 26.2 Å². The van der Waals surface area contributed by atoms with Gasteiger partial charge in [0.15, 0.2) is 0 Å². The Morgan fingerprint density at radius 2 is 1.66 bits per heavy atom. The lowest BCUT2D eigenvalue weighted by atomic mass is 10.1. The van der Waals surface area contributed by atoms with Gasteiger partial charge in [-0.2, -0.15) is 0 Å². The minimum Gasteiger partial charge on any atom is -0.495 e. The molecule has 0 saturated carbocycles. The number of hydrogen-bond donors (Lipinski definition) is 0. The summed E-state index contributed by atoms with van der Waals surface area (Å²) >= 11 is 0. The number of rotatable bonds is 6. The number of para-hydroxylation sites is 1. The van der Waals surface area contributed by atoms with Crippen molar-refractivity contribution in [1.29, 1.82) is 0 Å². The molecule has 0 fully saturated rings. The first kappa shape index (κ1) is 20.2. The fourth-order valence-electron chi connectivity index (χ4n) is 2.90. The molecule has 1 aliphatic rings. The number of nitrogens with zero attached hydrogens (tertiary/aromatic N) is 1. The third-order valence-electron chi connectivity index (χ3n) is 4.25. The van der Waals surface area contributed by atoms with E-state index in [1.807, 2.05) is 30.3 Å². The van der Waals surface area contributed by atoms with E-state index < -0.39 is 11.9 Å². The molecular weight excluding hydrogens is 378 g/mol. The smallest absolute Gasteiger partial charge is 0.355 e. The van der Waals surface area contributed by atoms with Crippen molar-refractivity contribution in [2.45, 2.75) is 0 Å². The molecule has 1 aliphatic heterocycles. The molecular formula is C21H21NO7. The number of benzene rings is 2. The molecule has 0 atom stereocenters. The molecule has 2 aromatic rings. The van der Waals surface area contributed by atoms with Gasteiger partial charge < -0.3 is 28.6 Å². The summed E-state index contributed by atoms with van der Waals surface area (Å²) < 4.78 is 26.5. The summed E-state index contributed by atoms with van der Waals surface area (Å²) in [5.41, 5.74) is 0.560. The number of ether oxygens (including phenoxy) is 5. The number of methoxy groups -OCH3 is 3. The Labute approximate surface area is 168 Å². The lowest BCUT2D eigenvalue weighted by Crippen LogP contribution is -2.39. The van der Waals surface area contributed by atoms with Gasteiger partial charge in [-0.25, -0.2) is 9.59 Å². The van der Waals surface area contributed by atoms with E-state index in [-0.39, 0.29) is 24.6 Å². The fraction of sp³-hybridized carbons (Fsp3) is 0.238. The van der Waals surface area contributed by atoms with Crippen LogP contribution >= 0.6 is 0 Å². The second-order valence-electron chi connectivity index (χ2n) is 5.96. The number of esters is 2. The van der Waals surface area contributed by atoms with E-state index in [4.69, 9.17) is 23.7 Å². The van der Waals surface area contributed by atoms with Gasteiger partial charge in [0.25, 0.3) is 0 Å². The summed E-state index contributed by atoms with van der Waals surface area (Å²) in [6.07, 6.45) is 0. The normalized spacial score (nSPS) is 13.7. The molecule has 1 heterocycles. The summed E-state index contributed by atoms with van der Waals surface area (Å²) in [6.45, 7) is -0.0633. The molecule has 0 radical (unpaired) electrons. The molecule has 0 aromatic heterocycles. The topological polar surface area (TPSA) is 83.5 Å². The van der Waals surface area contributed by atoms with Crippen LogP contribution in [-0.4, -0.2) is 46.6 Å². The quantitative estimate of drug-likeness (QED) is 0.686. The van der Waals surface area contributed by atoms with Crippen LogP contribution in [0.3, 0.4) is 0 Å². The first-order chi connectivity index (χ1) is 14.1. The predicted octanol–water partition coefficient (Wildman–Crippen LogP) is 2.88. The minimum absolute atomic E-state index is 0.01000. The van der Waals surface area contributed by atoms with Gasteiger partial charge in [0, 0.05) is 6.07 Å². The van der Waals surface area contributed by atoms with E-state index in [1.54, 1.807) is 18.2 Å². The van der Waals surface area contributed by atoms with Crippen molar-refractivity contribution in [1.82, 2.24) is 0 Å². The second-order valence-corrected chi connectivity index (χ2v) is 5.96. The largest absolute Gasteiger partial charge is 0.495 e. The molecule has 0 amide bonds. The summed E-state index contributed by atoms with van der Waals surface area (Å²) in [5.74, 6) is 0.260.